The van der Waals surface area contributed by atoms with Crippen LogP contribution in [0.3, 0.4) is 0 Å². The summed E-state index contributed by atoms with van der Waals surface area (Å²) >= 11 is 7.28. The molecule has 6 nitrogen and oxygen atoms in total. The van der Waals surface area contributed by atoms with Gasteiger partial charge in [0.25, 0.3) is 0 Å². The Labute approximate surface area is 147 Å². The molecule has 1 aromatic carbocycles. The van der Waals surface area contributed by atoms with Crippen molar-refractivity contribution in [1.29, 1.82) is 5.26 Å². The summed E-state index contributed by atoms with van der Waals surface area (Å²) in [6.07, 6.45) is 1.85. The Kier molecular flexibility index (Phi) is 4.69. The second-order valence-corrected chi connectivity index (χ2v) is 6.68. The second kappa shape index (κ2) is 6.91. The summed E-state index contributed by atoms with van der Waals surface area (Å²) < 4.78 is 1.83. The maximum absolute atomic E-state index is 12.3. The normalized spacial score (nSPS) is 11.9. The number of thioether (sulfide) groups is 1. The molecule has 0 saturated heterocycles. The fraction of sp³-hybridized carbons (Fsp3) is 0.125. The monoisotopic (exact) mass is 357 g/mol. The van der Waals surface area contributed by atoms with Crippen LogP contribution in [0.5, 0.6) is 0 Å². The van der Waals surface area contributed by atoms with Crippen molar-refractivity contribution in [3.63, 3.8) is 0 Å². The van der Waals surface area contributed by atoms with E-state index >= 15 is 0 Å². The topological polar surface area (TPSA) is 83.1 Å². The van der Waals surface area contributed by atoms with E-state index in [0.29, 0.717) is 21.4 Å². The molecule has 2 heterocycles. The number of halogens is 1. The number of fused-ring (bicyclic) bond motifs is 1. The molecule has 0 spiro atoms. The van der Waals surface area contributed by atoms with E-state index in [9.17, 15) is 4.79 Å². The number of nitriles is 1. The van der Waals surface area contributed by atoms with Crippen molar-refractivity contribution < 1.29 is 4.79 Å². The summed E-state index contributed by atoms with van der Waals surface area (Å²) in [5.74, 6) is -0.187. The van der Waals surface area contributed by atoms with Gasteiger partial charge in [-0.1, -0.05) is 29.4 Å². The van der Waals surface area contributed by atoms with E-state index in [1.165, 1.54) is 11.8 Å². The number of amides is 1. The van der Waals surface area contributed by atoms with Gasteiger partial charge in [0.2, 0.25) is 5.91 Å². The highest BCUT2D eigenvalue weighted by atomic mass is 35.5. The number of rotatable bonds is 4. The van der Waals surface area contributed by atoms with E-state index in [-0.39, 0.29) is 11.2 Å². The van der Waals surface area contributed by atoms with Gasteiger partial charge in [0, 0.05) is 11.9 Å². The van der Waals surface area contributed by atoms with E-state index < -0.39 is 0 Å². The fourth-order valence-corrected chi connectivity index (χ4v) is 3.10. The van der Waals surface area contributed by atoms with Gasteiger partial charge in [-0.15, -0.1) is 10.2 Å². The smallest absolute Gasteiger partial charge is 0.237 e. The van der Waals surface area contributed by atoms with Crippen molar-refractivity contribution in [3.05, 3.63) is 53.2 Å². The molecule has 0 aliphatic rings. The van der Waals surface area contributed by atoms with Crippen molar-refractivity contribution in [1.82, 2.24) is 14.6 Å². The van der Waals surface area contributed by atoms with Crippen molar-refractivity contribution in [2.24, 2.45) is 0 Å². The molecule has 120 valence electrons. The van der Waals surface area contributed by atoms with Crippen LogP contribution in [-0.4, -0.2) is 25.8 Å². The lowest BCUT2D eigenvalue weighted by atomic mass is 10.2. The molecule has 0 saturated carbocycles. The molecule has 1 amide bonds. The van der Waals surface area contributed by atoms with Gasteiger partial charge in [-0.2, -0.15) is 5.26 Å². The Hall–Kier alpha value is -2.56. The molecule has 0 aliphatic heterocycles. The molecule has 3 rings (SSSR count). The van der Waals surface area contributed by atoms with Gasteiger partial charge in [-0.25, -0.2) is 0 Å². The molecule has 24 heavy (non-hydrogen) atoms. The average molecular weight is 358 g/mol. The number of hydrogen-bond donors (Lipinski definition) is 1. The standard InChI is InChI=1S/C16H12ClN5OS/c1-10(24-16-21-20-14-4-2-3-7-22(14)16)15(23)19-12-6-5-11(9-18)13(17)8-12/h2-8,10H,1H3,(H,19,23)/t10-/m1/s1. The first kappa shape index (κ1) is 16.3. The summed E-state index contributed by atoms with van der Waals surface area (Å²) in [7, 11) is 0. The summed E-state index contributed by atoms with van der Waals surface area (Å²) in [5.41, 5.74) is 1.64. The highest BCUT2D eigenvalue weighted by Gasteiger charge is 2.18. The van der Waals surface area contributed by atoms with Gasteiger partial charge in [0.05, 0.1) is 15.8 Å². The predicted octanol–water partition coefficient (Wildman–Crippen LogP) is 3.37. The largest absolute Gasteiger partial charge is 0.325 e. The summed E-state index contributed by atoms with van der Waals surface area (Å²) in [6.45, 7) is 1.79. The first-order valence-corrected chi connectivity index (χ1v) is 8.31. The predicted molar refractivity (Wildman–Crippen MR) is 93.1 cm³/mol. The number of pyridine rings is 1. The van der Waals surface area contributed by atoms with E-state index in [1.807, 2.05) is 34.9 Å². The van der Waals surface area contributed by atoms with Crippen LogP contribution in [0.4, 0.5) is 5.69 Å². The maximum atomic E-state index is 12.3. The fourth-order valence-electron chi connectivity index (χ4n) is 2.04. The maximum Gasteiger partial charge on any atom is 0.237 e. The Morgan fingerprint density at radius 3 is 2.96 bits per heavy atom. The van der Waals surface area contributed by atoms with E-state index in [1.54, 1.807) is 25.1 Å². The van der Waals surface area contributed by atoms with Crippen LogP contribution in [0, 0.1) is 11.3 Å². The van der Waals surface area contributed by atoms with Crippen LogP contribution in [0.15, 0.2) is 47.8 Å². The molecule has 1 N–H and O–H groups in total. The van der Waals surface area contributed by atoms with Crippen LogP contribution in [-0.2, 0) is 4.79 Å². The lowest BCUT2D eigenvalue weighted by molar-refractivity contribution is -0.115. The molecule has 1 atom stereocenters. The third-order valence-corrected chi connectivity index (χ3v) is 4.66. The SMILES string of the molecule is C[C@@H](Sc1nnc2ccccn12)C(=O)Nc1ccc(C#N)c(Cl)c1. The number of carbonyl (C=O) groups excluding carboxylic acids is 1. The van der Waals surface area contributed by atoms with Gasteiger partial charge in [-0.05, 0) is 37.3 Å². The number of aromatic nitrogens is 3. The van der Waals surface area contributed by atoms with Gasteiger partial charge in [0.1, 0.15) is 6.07 Å². The zero-order valence-electron chi connectivity index (χ0n) is 12.6. The van der Waals surface area contributed by atoms with Crippen molar-refractivity contribution in [2.45, 2.75) is 17.3 Å². The number of anilines is 1. The van der Waals surface area contributed by atoms with Crippen LogP contribution in [0.25, 0.3) is 5.65 Å². The van der Waals surface area contributed by atoms with Crippen LogP contribution in [0.1, 0.15) is 12.5 Å². The number of hydrogen-bond acceptors (Lipinski definition) is 5. The molecule has 0 bridgehead atoms. The molecule has 2 aromatic heterocycles. The Bertz CT molecular complexity index is 949. The summed E-state index contributed by atoms with van der Waals surface area (Å²) in [5, 5.41) is 20.4. The number of nitrogens with zero attached hydrogens (tertiary/aromatic N) is 4. The lowest BCUT2D eigenvalue weighted by Crippen LogP contribution is -2.22. The Balaban J connectivity index is 1.71. The first-order valence-electron chi connectivity index (χ1n) is 7.05. The van der Waals surface area contributed by atoms with Gasteiger partial charge >= 0.3 is 0 Å². The highest BCUT2D eigenvalue weighted by molar-refractivity contribution is 8.00. The second-order valence-electron chi connectivity index (χ2n) is 4.97. The lowest BCUT2D eigenvalue weighted by Gasteiger charge is -2.11. The Morgan fingerprint density at radius 1 is 1.38 bits per heavy atom. The number of carbonyl (C=O) groups is 1. The van der Waals surface area contributed by atoms with E-state index in [0.717, 1.165) is 5.65 Å². The molecule has 0 radical (unpaired) electrons. The molecule has 8 heteroatoms. The average Bonchev–Trinajstić information content (AvgIpc) is 2.98. The minimum Gasteiger partial charge on any atom is -0.325 e. The highest BCUT2D eigenvalue weighted by Crippen LogP contribution is 2.24. The Morgan fingerprint density at radius 2 is 2.21 bits per heavy atom. The minimum atomic E-state index is -0.382. The van der Waals surface area contributed by atoms with Crippen LogP contribution in [0.2, 0.25) is 5.02 Å². The van der Waals surface area contributed by atoms with Crippen LogP contribution >= 0.6 is 23.4 Å². The summed E-state index contributed by atoms with van der Waals surface area (Å²) in [6, 6.07) is 12.4. The molecule has 3 aromatic rings. The van der Waals surface area contributed by atoms with Crippen LogP contribution < -0.4 is 5.32 Å². The molecular formula is C16H12ClN5OS. The molecule has 0 unspecified atom stereocenters. The zero-order chi connectivity index (χ0) is 17.1. The van der Waals surface area contributed by atoms with Crippen molar-refractivity contribution >= 4 is 40.6 Å². The first-order chi connectivity index (χ1) is 11.6. The van der Waals surface area contributed by atoms with Crippen molar-refractivity contribution in [3.8, 4) is 6.07 Å². The van der Waals surface area contributed by atoms with Crippen molar-refractivity contribution in [2.75, 3.05) is 5.32 Å². The van der Waals surface area contributed by atoms with E-state index in [2.05, 4.69) is 15.5 Å². The van der Waals surface area contributed by atoms with Gasteiger partial charge < -0.3 is 5.32 Å². The quantitative estimate of drug-likeness (QED) is 0.724. The zero-order valence-corrected chi connectivity index (χ0v) is 14.2. The number of benzene rings is 1. The third kappa shape index (κ3) is 3.35. The van der Waals surface area contributed by atoms with Gasteiger partial charge in [0.15, 0.2) is 10.8 Å². The molecule has 0 aliphatic carbocycles. The number of nitrogens with one attached hydrogen (secondary N) is 1. The minimum absolute atomic E-state index is 0.187. The third-order valence-electron chi connectivity index (χ3n) is 3.29. The van der Waals surface area contributed by atoms with Gasteiger partial charge in [-0.3, -0.25) is 9.20 Å². The summed E-state index contributed by atoms with van der Waals surface area (Å²) in [4.78, 5) is 12.3. The molecule has 0 fully saturated rings. The molecular weight excluding hydrogens is 346 g/mol. The van der Waals surface area contributed by atoms with E-state index in [4.69, 9.17) is 16.9 Å².